The number of sulfonamides is 1. The molecule has 1 saturated heterocycles. The number of nitriles is 1. The molecule has 1 aliphatic heterocycles. The van der Waals surface area contributed by atoms with Crippen molar-refractivity contribution < 1.29 is 22.7 Å². The van der Waals surface area contributed by atoms with Gasteiger partial charge in [-0.15, -0.1) is 0 Å². The molecular formula is C28H32N6O5S. The first-order valence-corrected chi connectivity index (χ1v) is 14.6. The van der Waals surface area contributed by atoms with Crippen LogP contribution < -0.4 is 19.5 Å². The zero-order valence-corrected chi connectivity index (χ0v) is 23.5. The maximum atomic E-state index is 13.1. The zero-order valence-electron chi connectivity index (χ0n) is 22.7. The van der Waals surface area contributed by atoms with Crippen LogP contribution in [0, 0.1) is 18.3 Å². The quantitative estimate of drug-likeness (QED) is 0.355. The number of amides is 1. The summed E-state index contributed by atoms with van der Waals surface area (Å²) in [6, 6.07) is 15.8. The Kier molecular flexibility index (Phi) is 9.21. The molecule has 1 fully saturated rings. The minimum atomic E-state index is -3.54. The number of aromatic nitrogens is 1. The van der Waals surface area contributed by atoms with Crippen LogP contribution in [0.2, 0.25) is 0 Å². The molecule has 210 valence electrons. The Morgan fingerprint density at radius 3 is 2.50 bits per heavy atom. The SMILES string of the molecule is COc1c(NC(=O)c2ccc(C)c(Oc3ccnc(CN4CCN(CC#N)CC4)c3)c2)cccc1NS(C)(=O)=O. The molecule has 1 amide bonds. The molecule has 2 N–H and O–H groups in total. The number of hydrogen-bond acceptors (Lipinski definition) is 9. The van der Waals surface area contributed by atoms with Crippen LogP contribution in [-0.2, 0) is 16.6 Å². The van der Waals surface area contributed by atoms with E-state index in [0.717, 1.165) is 43.7 Å². The highest BCUT2D eigenvalue weighted by Gasteiger charge is 2.18. The van der Waals surface area contributed by atoms with Gasteiger partial charge in [0.25, 0.3) is 5.91 Å². The zero-order chi connectivity index (χ0) is 28.7. The summed E-state index contributed by atoms with van der Waals surface area (Å²) in [5.41, 5.74) is 2.60. The molecule has 0 unspecified atom stereocenters. The fourth-order valence-corrected chi connectivity index (χ4v) is 4.91. The van der Waals surface area contributed by atoms with Gasteiger partial charge in [0.1, 0.15) is 11.5 Å². The molecule has 0 bridgehead atoms. The van der Waals surface area contributed by atoms with E-state index in [1.165, 1.54) is 7.11 Å². The highest BCUT2D eigenvalue weighted by molar-refractivity contribution is 7.92. The lowest BCUT2D eigenvalue weighted by atomic mass is 10.1. The third-order valence-corrected chi connectivity index (χ3v) is 6.96. The summed E-state index contributed by atoms with van der Waals surface area (Å²) in [6.07, 6.45) is 2.74. The number of ether oxygens (including phenoxy) is 2. The molecule has 12 heteroatoms. The van der Waals surface area contributed by atoms with Gasteiger partial charge in [-0.05, 0) is 42.8 Å². The van der Waals surface area contributed by atoms with E-state index < -0.39 is 15.9 Å². The Morgan fingerprint density at radius 1 is 1.07 bits per heavy atom. The number of pyridine rings is 1. The van der Waals surface area contributed by atoms with Crippen molar-refractivity contribution in [2.75, 3.05) is 56.1 Å². The molecule has 0 aliphatic carbocycles. The molecule has 3 aromatic rings. The average molecular weight is 565 g/mol. The Hall–Kier alpha value is -4.18. The number of methoxy groups -OCH3 is 1. The highest BCUT2D eigenvalue weighted by Crippen LogP contribution is 2.34. The summed E-state index contributed by atoms with van der Waals surface area (Å²) in [5.74, 6) is 0.913. The lowest BCUT2D eigenvalue weighted by Crippen LogP contribution is -2.45. The number of hydrogen-bond donors (Lipinski definition) is 2. The van der Waals surface area contributed by atoms with Gasteiger partial charge in [-0.3, -0.25) is 24.3 Å². The van der Waals surface area contributed by atoms with Crippen LogP contribution in [-0.4, -0.2) is 75.2 Å². The van der Waals surface area contributed by atoms with Crippen LogP contribution in [0.5, 0.6) is 17.2 Å². The standard InChI is InChI=1S/C28H32N6O5S/c1-20-7-8-21(28(35)31-24-5-4-6-25(27(24)38-2)32-40(3,36)37)17-26(20)39-23-9-11-30-22(18-23)19-34-15-13-33(12-10-29)14-16-34/h4-9,11,17-18,32H,12-16,19H2,1-3H3,(H,31,35). The van der Waals surface area contributed by atoms with Crippen LogP contribution >= 0.6 is 0 Å². The summed E-state index contributed by atoms with van der Waals surface area (Å²) in [6.45, 7) is 6.44. The van der Waals surface area contributed by atoms with Crippen LogP contribution in [0.4, 0.5) is 11.4 Å². The first-order chi connectivity index (χ1) is 19.1. The number of rotatable bonds is 10. The van der Waals surface area contributed by atoms with Crippen molar-refractivity contribution in [2.24, 2.45) is 0 Å². The molecule has 0 spiro atoms. The average Bonchev–Trinajstić information content (AvgIpc) is 2.91. The highest BCUT2D eigenvalue weighted by atomic mass is 32.2. The largest absolute Gasteiger partial charge is 0.492 e. The van der Waals surface area contributed by atoms with Gasteiger partial charge in [0, 0.05) is 50.6 Å². The van der Waals surface area contributed by atoms with E-state index >= 15 is 0 Å². The fraction of sp³-hybridized carbons (Fsp3) is 0.321. The predicted octanol–water partition coefficient (Wildman–Crippen LogP) is 3.46. The van der Waals surface area contributed by atoms with Gasteiger partial charge >= 0.3 is 0 Å². The van der Waals surface area contributed by atoms with E-state index in [0.29, 0.717) is 35.8 Å². The third kappa shape index (κ3) is 7.69. The fourth-order valence-electron chi connectivity index (χ4n) is 4.35. The first kappa shape index (κ1) is 28.8. The van der Waals surface area contributed by atoms with Gasteiger partial charge < -0.3 is 14.8 Å². The van der Waals surface area contributed by atoms with Gasteiger partial charge in [0.15, 0.2) is 5.75 Å². The molecule has 0 atom stereocenters. The number of benzene rings is 2. The topological polar surface area (TPSA) is 137 Å². The number of anilines is 2. The van der Waals surface area contributed by atoms with E-state index in [2.05, 4.69) is 30.9 Å². The van der Waals surface area contributed by atoms with E-state index in [9.17, 15) is 13.2 Å². The van der Waals surface area contributed by atoms with Crippen LogP contribution in [0.3, 0.4) is 0 Å². The Bertz CT molecular complexity index is 1510. The summed E-state index contributed by atoms with van der Waals surface area (Å²) >= 11 is 0. The molecule has 4 rings (SSSR count). The number of carbonyl (C=O) groups is 1. The predicted molar refractivity (Wildman–Crippen MR) is 152 cm³/mol. The van der Waals surface area contributed by atoms with Crippen molar-refractivity contribution in [3.05, 3.63) is 71.5 Å². The summed E-state index contributed by atoms with van der Waals surface area (Å²) < 4.78 is 37.3. The number of para-hydroxylation sites is 1. The molecule has 1 aliphatic rings. The second kappa shape index (κ2) is 12.8. The van der Waals surface area contributed by atoms with Gasteiger partial charge in [-0.2, -0.15) is 5.26 Å². The lowest BCUT2D eigenvalue weighted by Gasteiger charge is -2.33. The minimum Gasteiger partial charge on any atom is -0.492 e. The molecular weight excluding hydrogens is 532 g/mol. The molecule has 11 nitrogen and oxygen atoms in total. The molecule has 2 heterocycles. The second-order valence-electron chi connectivity index (χ2n) is 9.49. The number of piperazine rings is 1. The van der Waals surface area contributed by atoms with Crippen LogP contribution in [0.1, 0.15) is 21.6 Å². The van der Waals surface area contributed by atoms with Crippen molar-refractivity contribution in [3.63, 3.8) is 0 Å². The second-order valence-corrected chi connectivity index (χ2v) is 11.2. The molecule has 40 heavy (non-hydrogen) atoms. The van der Waals surface area contributed by atoms with Gasteiger partial charge in [-0.25, -0.2) is 8.42 Å². The Morgan fingerprint density at radius 2 is 1.80 bits per heavy atom. The molecule has 0 radical (unpaired) electrons. The van der Waals surface area contributed by atoms with Crippen molar-refractivity contribution in [1.29, 1.82) is 5.26 Å². The minimum absolute atomic E-state index is 0.195. The maximum absolute atomic E-state index is 13.1. The van der Waals surface area contributed by atoms with Crippen LogP contribution in [0.25, 0.3) is 0 Å². The number of nitrogens with one attached hydrogen (secondary N) is 2. The summed E-state index contributed by atoms with van der Waals surface area (Å²) in [7, 11) is -2.15. The Balaban J connectivity index is 1.46. The number of aryl methyl sites for hydroxylation is 1. The number of carbonyl (C=O) groups excluding carboxylic acids is 1. The van der Waals surface area contributed by atoms with Crippen molar-refractivity contribution in [2.45, 2.75) is 13.5 Å². The van der Waals surface area contributed by atoms with E-state index in [1.54, 1.807) is 48.7 Å². The molecule has 0 saturated carbocycles. The first-order valence-electron chi connectivity index (χ1n) is 12.7. The smallest absolute Gasteiger partial charge is 0.255 e. The Labute approximate surface area is 234 Å². The summed E-state index contributed by atoms with van der Waals surface area (Å²) in [4.78, 5) is 22.1. The van der Waals surface area contributed by atoms with Crippen molar-refractivity contribution >= 4 is 27.3 Å². The van der Waals surface area contributed by atoms with Crippen LogP contribution in [0.15, 0.2) is 54.7 Å². The van der Waals surface area contributed by atoms with E-state index in [1.807, 2.05) is 13.0 Å². The normalized spacial score (nSPS) is 14.2. The van der Waals surface area contributed by atoms with E-state index in [-0.39, 0.29) is 11.4 Å². The monoisotopic (exact) mass is 564 g/mol. The van der Waals surface area contributed by atoms with E-state index in [4.69, 9.17) is 14.7 Å². The van der Waals surface area contributed by atoms with Crippen molar-refractivity contribution in [3.8, 4) is 23.3 Å². The molecule has 1 aromatic heterocycles. The van der Waals surface area contributed by atoms with Gasteiger partial charge in [0.05, 0.1) is 43.0 Å². The summed E-state index contributed by atoms with van der Waals surface area (Å²) in [5, 5.41) is 11.7. The number of nitrogens with zero attached hydrogens (tertiary/aromatic N) is 4. The molecule has 2 aromatic carbocycles. The van der Waals surface area contributed by atoms with Crippen molar-refractivity contribution in [1.82, 2.24) is 14.8 Å². The lowest BCUT2D eigenvalue weighted by molar-refractivity contribution is 0.102. The third-order valence-electron chi connectivity index (χ3n) is 6.37. The van der Waals surface area contributed by atoms with Gasteiger partial charge in [0.2, 0.25) is 10.0 Å². The van der Waals surface area contributed by atoms with Gasteiger partial charge in [-0.1, -0.05) is 12.1 Å². The maximum Gasteiger partial charge on any atom is 0.255 e.